The van der Waals surface area contributed by atoms with Crippen LogP contribution in [-0.4, -0.2) is 28.0 Å². The number of benzene rings is 1. The Morgan fingerprint density at radius 2 is 2.05 bits per heavy atom. The van der Waals surface area contributed by atoms with Gasteiger partial charge >= 0.3 is 0 Å². The van der Waals surface area contributed by atoms with Gasteiger partial charge in [0.15, 0.2) is 0 Å². The van der Waals surface area contributed by atoms with Crippen LogP contribution in [0.15, 0.2) is 36.9 Å². The van der Waals surface area contributed by atoms with Crippen molar-refractivity contribution in [3.8, 4) is 0 Å². The van der Waals surface area contributed by atoms with E-state index >= 15 is 0 Å². The van der Waals surface area contributed by atoms with Crippen LogP contribution in [-0.2, 0) is 11.3 Å². The topological polar surface area (TPSA) is 64.2 Å². The fraction of sp³-hybridized carbons (Fsp3) is 0.412. The van der Waals surface area contributed by atoms with Crippen molar-refractivity contribution in [2.24, 2.45) is 5.73 Å². The molecule has 22 heavy (non-hydrogen) atoms. The number of aromatic nitrogens is 2. The molecule has 0 aliphatic carbocycles. The predicted octanol–water partition coefficient (Wildman–Crippen LogP) is 2.27. The van der Waals surface area contributed by atoms with E-state index in [9.17, 15) is 4.79 Å². The van der Waals surface area contributed by atoms with Crippen LogP contribution in [0.4, 0.5) is 5.69 Å². The summed E-state index contributed by atoms with van der Waals surface area (Å²) >= 11 is 0. The third kappa shape index (κ3) is 3.95. The monoisotopic (exact) mass is 300 g/mol. The van der Waals surface area contributed by atoms with Crippen LogP contribution in [0.5, 0.6) is 0 Å². The number of carbonyl (C=O) groups excluding carboxylic acids is 1. The quantitative estimate of drug-likeness (QED) is 0.890. The Balaban J connectivity index is 2.26. The molecule has 1 unspecified atom stereocenters. The number of hydrogen-bond acceptors (Lipinski definition) is 3. The van der Waals surface area contributed by atoms with E-state index in [4.69, 9.17) is 5.73 Å². The summed E-state index contributed by atoms with van der Waals surface area (Å²) in [6, 6.07) is 5.93. The van der Waals surface area contributed by atoms with Gasteiger partial charge in [-0.3, -0.25) is 4.79 Å². The molecule has 5 heteroatoms. The Morgan fingerprint density at radius 3 is 2.59 bits per heavy atom. The van der Waals surface area contributed by atoms with E-state index in [1.54, 1.807) is 12.5 Å². The minimum Gasteiger partial charge on any atom is -0.336 e. The Labute approximate surface area is 131 Å². The highest BCUT2D eigenvalue weighted by molar-refractivity contribution is 5.95. The lowest BCUT2D eigenvalue weighted by Gasteiger charge is -2.27. The average molecular weight is 300 g/mol. The zero-order valence-electron chi connectivity index (χ0n) is 13.5. The Kier molecular flexibility index (Phi) is 5.33. The van der Waals surface area contributed by atoms with Crippen molar-refractivity contribution >= 4 is 11.6 Å². The average Bonchev–Trinajstić information content (AvgIpc) is 2.94. The first kappa shape index (κ1) is 16.2. The van der Waals surface area contributed by atoms with Crippen molar-refractivity contribution in [2.45, 2.75) is 39.8 Å². The Morgan fingerprint density at radius 1 is 1.36 bits per heavy atom. The summed E-state index contributed by atoms with van der Waals surface area (Å²) in [6.07, 6.45) is 5.75. The van der Waals surface area contributed by atoms with Crippen molar-refractivity contribution in [1.29, 1.82) is 0 Å². The van der Waals surface area contributed by atoms with Crippen LogP contribution < -0.4 is 10.6 Å². The summed E-state index contributed by atoms with van der Waals surface area (Å²) in [5.74, 6) is 0.0625. The molecular weight excluding hydrogens is 276 g/mol. The number of nitrogens with zero attached hydrogens (tertiary/aromatic N) is 3. The molecule has 0 bridgehead atoms. The predicted molar refractivity (Wildman–Crippen MR) is 88.8 cm³/mol. The molecule has 2 rings (SSSR count). The molecule has 1 aromatic heterocycles. The molecule has 1 atom stereocenters. The molecule has 2 N–H and O–H groups in total. The number of anilines is 1. The molecular formula is C17H24N4O. The van der Waals surface area contributed by atoms with Crippen LogP contribution in [0.2, 0.25) is 0 Å². The van der Waals surface area contributed by atoms with Gasteiger partial charge in [-0.15, -0.1) is 0 Å². The second-order valence-corrected chi connectivity index (χ2v) is 5.77. The van der Waals surface area contributed by atoms with Crippen molar-refractivity contribution in [1.82, 2.24) is 9.55 Å². The highest BCUT2D eigenvalue weighted by Crippen LogP contribution is 2.25. The maximum atomic E-state index is 12.6. The van der Waals surface area contributed by atoms with Gasteiger partial charge in [-0.05, 0) is 31.9 Å². The zero-order valence-corrected chi connectivity index (χ0v) is 13.5. The normalized spacial score (nSPS) is 12.2. The molecule has 0 radical (unpaired) electrons. The molecule has 5 nitrogen and oxygen atoms in total. The molecule has 0 saturated heterocycles. The summed E-state index contributed by atoms with van der Waals surface area (Å²) < 4.78 is 1.97. The lowest BCUT2D eigenvalue weighted by molar-refractivity contribution is -0.118. The fourth-order valence-electron chi connectivity index (χ4n) is 2.61. The van der Waals surface area contributed by atoms with E-state index in [0.29, 0.717) is 19.5 Å². The first-order valence-electron chi connectivity index (χ1n) is 7.57. The largest absolute Gasteiger partial charge is 0.336 e. The van der Waals surface area contributed by atoms with Crippen molar-refractivity contribution in [3.63, 3.8) is 0 Å². The minimum atomic E-state index is -0.146. The van der Waals surface area contributed by atoms with Gasteiger partial charge < -0.3 is 15.2 Å². The number of imidazole rings is 1. The summed E-state index contributed by atoms with van der Waals surface area (Å²) in [5.41, 5.74) is 9.01. The number of nitrogens with two attached hydrogens (primary N) is 1. The van der Waals surface area contributed by atoms with E-state index in [2.05, 4.69) is 4.98 Å². The Hall–Kier alpha value is -2.14. The summed E-state index contributed by atoms with van der Waals surface area (Å²) in [6.45, 7) is 7.24. The standard InChI is InChI=1S/C17H24N4O/c1-13-5-4-6-14(2)17(13)21(16(22)11-15(3)18)10-9-20-8-7-19-12-20/h4-8,12,15H,9-11,18H2,1-3H3. The van der Waals surface area contributed by atoms with Crippen LogP contribution >= 0.6 is 0 Å². The lowest BCUT2D eigenvalue weighted by Crippen LogP contribution is -2.38. The lowest BCUT2D eigenvalue weighted by atomic mass is 10.1. The number of amides is 1. The fourth-order valence-corrected chi connectivity index (χ4v) is 2.61. The van der Waals surface area contributed by atoms with Crippen LogP contribution in [0.25, 0.3) is 0 Å². The van der Waals surface area contributed by atoms with E-state index in [-0.39, 0.29) is 11.9 Å². The van der Waals surface area contributed by atoms with Crippen LogP contribution in [0.1, 0.15) is 24.5 Å². The number of carbonyl (C=O) groups is 1. The minimum absolute atomic E-state index is 0.0625. The highest BCUT2D eigenvalue weighted by atomic mass is 16.2. The maximum absolute atomic E-state index is 12.6. The number of para-hydroxylation sites is 1. The van der Waals surface area contributed by atoms with Gasteiger partial charge in [-0.2, -0.15) is 0 Å². The number of rotatable bonds is 6. The Bertz CT molecular complexity index is 599. The molecule has 1 heterocycles. The molecule has 0 saturated carbocycles. The number of aryl methyl sites for hydroxylation is 2. The van der Waals surface area contributed by atoms with E-state index in [1.807, 2.05) is 54.6 Å². The third-order valence-corrected chi connectivity index (χ3v) is 3.65. The SMILES string of the molecule is Cc1cccc(C)c1N(CCn1ccnc1)C(=O)CC(C)N. The highest BCUT2D eigenvalue weighted by Gasteiger charge is 2.20. The van der Waals surface area contributed by atoms with Crippen LogP contribution in [0, 0.1) is 13.8 Å². The molecule has 0 spiro atoms. The van der Waals surface area contributed by atoms with Gasteiger partial charge in [0, 0.05) is 43.6 Å². The number of hydrogen-bond donors (Lipinski definition) is 1. The van der Waals surface area contributed by atoms with Gasteiger partial charge in [0.1, 0.15) is 0 Å². The zero-order chi connectivity index (χ0) is 16.1. The first-order chi connectivity index (χ1) is 10.5. The van der Waals surface area contributed by atoms with Gasteiger partial charge in [-0.1, -0.05) is 18.2 Å². The summed E-state index contributed by atoms with van der Waals surface area (Å²) in [4.78, 5) is 18.5. The maximum Gasteiger partial charge on any atom is 0.228 e. The summed E-state index contributed by atoms with van der Waals surface area (Å²) in [7, 11) is 0. The van der Waals surface area contributed by atoms with Gasteiger partial charge in [-0.25, -0.2) is 4.98 Å². The second kappa shape index (κ2) is 7.22. The van der Waals surface area contributed by atoms with Gasteiger partial charge in [0.2, 0.25) is 5.91 Å². The molecule has 0 fully saturated rings. The van der Waals surface area contributed by atoms with Crippen molar-refractivity contribution < 1.29 is 4.79 Å². The summed E-state index contributed by atoms with van der Waals surface area (Å²) in [5, 5.41) is 0. The van der Waals surface area contributed by atoms with Gasteiger partial charge in [0.25, 0.3) is 0 Å². The van der Waals surface area contributed by atoms with Crippen molar-refractivity contribution in [3.05, 3.63) is 48.0 Å². The smallest absolute Gasteiger partial charge is 0.228 e. The third-order valence-electron chi connectivity index (χ3n) is 3.65. The molecule has 2 aromatic rings. The molecule has 1 aromatic carbocycles. The van der Waals surface area contributed by atoms with Crippen molar-refractivity contribution in [2.75, 3.05) is 11.4 Å². The van der Waals surface area contributed by atoms with E-state index in [1.165, 1.54) is 0 Å². The first-order valence-corrected chi connectivity index (χ1v) is 7.57. The van der Waals surface area contributed by atoms with Crippen LogP contribution in [0.3, 0.4) is 0 Å². The second-order valence-electron chi connectivity index (χ2n) is 5.77. The molecule has 1 amide bonds. The van der Waals surface area contributed by atoms with E-state index < -0.39 is 0 Å². The molecule has 118 valence electrons. The van der Waals surface area contributed by atoms with E-state index in [0.717, 1.165) is 16.8 Å². The molecule has 0 aliphatic rings. The molecule has 0 aliphatic heterocycles. The van der Waals surface area contributed by atoms with Gasteiger partial charge in [0.05, 0.1) is 6.33 Å².